The smallest absolute Gasteiger partial charge is 0.257 e. The van der Waals surface area contributed by atoms with Gasteiger partial charge in [0.1, 0.15) is 5.75 Å². The molecule has 1 aliphatic heterocycles. The first-order valence-corrected chi connectivity index (χ1v) is 14.2. The van der Waals surface area contributed by atoms with Crippen molar-refractivity contribution in [1.29, 1.82) is 0 Å². The second-order valence-electron chi connectivity index (χ2n) is 9.48. The second-order valence-corrected chi connectivity index (χ2v) is 11.2. The van der Waals surface area contributed by atoms with Gasteiger partial charge in [-0.25, -0.2) is 13.1 Å². The minimum Gasteiger partial charge on any atom is -0.494 e. The summed E-state index contributed by atoms with van der Waals surface area (Å²) >= 11 is 0. The van der Waals surface area contributed by atoms with Crippen LogP contribution in [0.3, 0.4) is 0 Å². The van der Waals surface area contributed by atoms with E-state index in [0.717, 1.165) is 43.6 Å². The van der Waals surface area contributed by atoms with Crippen LogP contribution < -0.4 is 14.8 Å². The third-order valence-electron chi connectivity index (χ3n) is 6.54. The van der Waals surface area contributed by atoms with Crippen molar-refractivity contribution in [3.05, 3.63) is 71.8 Å². The van der Waals surface area contributed by atoms with Crippen LogP contribution in [0.5, 0.6) is 5.75 Å². The molecular formula is C27H35N3O4S. The number of nitrogens with one attached hydrogen (secondary N) is 2. The van der Waals surface area contributed by atoms with Crippen molar-refractivity contribution in [3.8, 4) is 5.75 Å². The molecule has 0 radical (unpaired) electrons. The van der Waals surface area contributed by atoms with E-state index in [1.54, 1.807) is 6.08 Å². The number of carbonyl (C=O) groups excluding carboxylic acids is 1. The Labute approximate surface area is 208 Å². The quantitative estimate of drug-likeness (QED) is 0.366. The maximum absolute atomic E-state index is 11.5. The van der Waals surface area contributed by atoms with Crippen molar-refractivity contribution >= 4 is 22.0 Å². The van der Waals surface area contributed by atoms with Gasteiger partial charge >= 0.3 is 0 Å². The zero-order valence-corrected chi connectivity index (χ0v) is 21.0. The van der Waals surface area contributed by atoms with Crippen LogP contribution in [0.25, 0.3) is 6.08 Å². The fraction of sp³-hybridized carbons (Fsp3) is 0.444. The number of amides is 1. The fourth-order valence-electron chi connectivity index (χ4n) is 4.62. The summed E-state index contributed by atoms with van der Waals surface area (Å²) in [4.78, 5) is 14.1. The molecule has 8 heteroatoms. The number of piperidine rings is 1. The van der Waals surface area contributed by atoms with Crippen LogP contribution in [-0.4, -0.2) is 63.8 Å². The van der Waals surface area contributed by atoms with Gasteiger partial charge in [0.05, 0.1) is 12.9 Å². The molecule has 2 N–H and O–H groups in total. The molecule has 35 heavy (non-hydrogen) atoms. The van der Waals surface area contributed by atoms with Crippen LogP contribution >= 0.6 is 0 Å². The number of rotatable bonds is 11. The molecule has 2 aromatic carbocycles. The third-order valence-corrected chi connectivity index (χ3v) is 7.11. The Hall–Kier alpha value is -2.68. The highest BCUT2D eigenvalue weighted by Gasteiger charge is 2.39. The largest absolute Gasteiger partial charge is 0.494 e. The Balaban J connectivity index is 1.08. The van der Waals surface area contributed by atoms with Gasteiger partial charge in [0.2, 0.25) is 10.0 Å². The summed E-state index contributed by atoms with van der Waals surface area (Å²) in [7, 11) is -3.55. The molecule has 1 saturated carbocycles. The van der Waals surface area contributed by atoms with Crippen molar-refractivity contribution in [1.82, 2.24) is 14.9 Å². The number of carbonyl (C=O) groups is 1. The maximum atomic E-state index is 11.5. The van der Waals surface area contributed by atoms with Crippen LogP contribution in [-0.2, 0) is 14.8 Å². The highest BCUT2D eigenvalue weighted by Crippen LogP contribution is 2.41. The van der Waals surface area contributed by atoms with E-state index in [1.165, 1.54) is 30.9 Å². The fourth-order valence-corrected chi connectivity index (χ4v) is 5.05. The molecule has 0 spiro atoms. The molecule has 1 saturated heterocycles. The molecule has 2 atom stereocenters. The molecule has 0 aromatic heterocycles. The third kappa shape index (κ3) is 8.49. The van der Waals surface area contributed by atoms with Crippen LogP contribution in [0.1, 0.15) is 42.7 Å². The predicted octanol–water partition coefficient (Wildman–Crippen LogP) is 3.15. The lowest BCUT2D eigenvalue weighted by molar-refractivity contribution is -0.114. The van der Waals surface area contributed by atoms with Gasteiger partial charge in [0.25, 0.3) is 5.91 Å². The van der Waals surface area contributed by atoms with Crippen LogP contribution in [0.2, 0.25) is 0 Å². The normalized spacial score (nSPS) is 21.2. The van der Waals surface area contributed by atoms with Crippen molar-refractivity contribution in [2.75, 3.05) is 32.5 Å². The minimum atomic E-state index is -3.55. The van der Waals surface area contributed by atoms with E-state index in [-0.39, 0.29) is 0 Å². The van der Waals surface area contributed by atoms with Gasteiger partial charge in [0.15, 0.2) is 0 Å². The topological polar surface area (TPSA) is 87.7 Å². The van der Waals surface area contributed by atoms with E-state index in [2.05, 4.69) is 40.5 Å². The molecule has 1 amide bonds. The summed E-state index contributed by atoms with van der Waals surface area (Å²) in [6, 6.07) is 19.5. The predicted molar refractivity (Wildman–Crippen MR) is 139 cm³/mol. The Morgan fingerprint density at radius 2 is 1.80 bits per heavy atom. The lowest BCUT2D eigenvalue weighted by Crippen LogP contribution is -2.43. The van der Waals surface area contributed by atoms with E-state index in [4.69, 9.17) is 4.74 Å². The van der Waals surface area contributed by atoms with Gasteiger partial charge in [0, 0.05) is 30.6 Å². The molecule has 7 nitrogen and oxygen atoms in total. The van der Waals surface area contributed by atoms with Gasteiger partial charge in [-0.2, -0.15) is 0 Å². The monoisotopic (exact) mass is 497 g/mol. The zero-order valence-electron chi connectivity index (χ0n) is 20.2. The van der Waals surface area contributed by atoms with Crippen LogP contribution in [0.15, 0.2) is 60.7 Å². The van der Waals surface area contributed by atoms with E-state index >= 15 is 0 Å². The second kappa shape index (κ2) is 11.8. The molecule has 0 unspecified atom stereocenters. The number of nitrogens with zero attached hydrogens (tertiary/aromatic N) is 1. The van der Waals surface area contributed by atoms with Crippen molar-refractivity contribution in [2.45, 2.75) is 43.7 Å². The first-order valence-electron chi connectivity index (χ1n) is 12.3. The molecule has 2 aliphatic rings. The zero-order chi connectivity index (χ0) is 24.7. The van der Waals surface area contributed by atoms with Crippen molar-refractivity contribution < 1.29 is 17.9 Å². The molecule has 188 valence electrons. The molecule has 2 aromatic rings. The summed E-state index contributed by atoms with van der Waals surface area (Å²) in [6.07, 6.45) is 8.35. The van der Waals surface area contributed by atoms with Gasteiger partial charge in [-0.3, -0.25) is 4.79 Å². The first kappa shape index (κ1) is 25.4. The lowest BCUT2D eigenvalue weighted by atomic mass is 10.0. The summed E-state index contributed by atoms with van der Waals surface area (Å²) in [5.74, 6) is 0.801. The highest BCUT2D eigenvalue weighted by atomic mass is 32.2. The van der Waals surface area contributed by atoms with E-state index in [0.29, 0.717) is 24.6 Å². The summed E-state index contributed by atoms with van der Waals surface area (Å²) in [5, 5.41) is 3.88. The molecule has 1 aliphatic carbocycles. The van der Waals surface area contributed by atoms with Crippen LogP contribution in [0, 0.1) is 0 Å². The van der Waals surface area contributed by atoms with Gasteiger partial charge in [-0.1, -0.05) is 42.5 Å². The van der Waals surface area contributed by atoms with Crippen molar-refractivity contribution in [3.63, 3.8) is 0 Å². The van der Waals surface area contributed by atoms with Gasteiger partial charge in [-0.15, -0.1) is 0 Å². The average molecular weight is 498 g/mol. The van der Waals surface area contributed by atoms with Gasteiger partial charge in [-0.05, 0) is 68.1 Å². The summed E-state index contributed by atoms with van der Waals surface area (Å²) in [6.45, 7) is 3.96. The summed E-state index contributed by atoms with van der Waals surface area (Å²) < 4.78 is 29.8. The Morgan fingerprint density at radius 3 is 2.49 bits per heavy atom. The van der Waals surface area contributed by atoms with Crippen LogP contribution in [0.4, 0.5) is 0 Å². The molecule has 4 rings (SSSR count). The first-order chi connectivity index (χ1) is 16.9. The number of hydrogen-bond acceptors (Lipinski definition) is 6. The number of sulfonamides is 1. The number of ether oxygens (including phenoxy) is 1. The molecule has 2 fully saturated rings. The van der Waals surface area contributed by atoms with E-state index < -0.39 is 15.9 Å². The number of likely N-dealkylation sites (tertiary alicyclic amines) is 1. The molecule has 1 heterocycles. The summed E-state index contributed by atoms with van der Waals surface area (Å²) in [5.41, 5.74) is 2.25. The Kier molecular flexibility index (Phi) is 8.59. The number of hydrogen-bond donors (Lipinski definition) is 2. The SMILES string of the molecule is CS(=O)(=O)NC(=O)/C=C/c1ccc(OCCCN2CCC(N[C@@H]3C[C@H]3c3ccccc3)CC2)cc1. The van der Waals surface area contributed by atoms with Gasteiger partial charge < -0.3 is 15.0 Å². The standard InChI is InChI=1S/C27H35N3O4S/c1-35(32,33)29-27(31)13-10-21-8-11-24(12-9-21)34-19-5-16-30-17-14-23(15-18-30)28-26-20-25(26)22-6-3-2-4-7-22/h2-4,6-13,23,25-26,28H,5,14-20H2,1H3,(H,29,31)/b13-10+/t25-,26+/m0/s1. The molecular weight excluding hydrogens is 462 g/mol. The Morgan fingerprint density at radius 1 is 1.09 bits per heavy atom. The van der Waals surface area contributed by atoms with E-state index in [9.17, 15) is 13.2 Å². The average Bonchev–Trinajstić information content (AvgIpc) is 3.61. The maximum Gasteiger partial charge on any atom is 0.257 e. The Bertz CT molecular complexity index is 1100. The minimum absolute atomic E-state index is 0.631. The molecule has 0 bridgehead atoms. The van der Waals surface area contributed by atoms with Crippen molar-refractivity contribution in [2.24, 2.45) is 0 Å². The lowest BCUT2D eigenvalue weighted by Gasteiger charge is -2.32. The van der Waals surface area contributed by atoms with E-state index in [1.807, 2.05) is 29.0 Å². The highest BCUT2D eigenvalue weighted by molar-refractivity contribution is 7.89. The number of benzene rings is 2.